The van der Waals surface area contributed by atoms with E-state index >= 15 is 0 Å². The zero-order valence-corrected chi connectivity index (χ0v) is 12.2. The van der Waals surface area contributed by atoms with E-state index in [0.29, 0.717) is 24.5 Å². The summed E-state index contributed by atoms with van der Waals surface area (Å²) >= 11 is 0. The summed E-state index contributed by atoms with van der Waals surface area (Å²) in [4.78, 5) is 11.1. The van der Waals surface area contributed by atoms with Crippen molar-refractivity contribution in [1.82, 2.24) is 0 Å². The second kappa shape index (κ2) is 7.78. The summed E-state index contributed by atoms with van der Waals surface area (Å²) < 4.78 is 10.8. The molecule has 1 aliphatic carbocycles. The van der Waals surface area contributed by atoms with Crippen LogP contribution < -0.4 is 0 Å². The Balaban J connectivity index is 1.97. The van der Waals surface area contributed by atoms with Crippen molar-refractivity contribution in [2.45, 2.75) is 71.8 Å². The molecule has 3 nitrogen and oxygen atoms in total. The Kier molecular flexibility index (Phi) is 6.69. The van der Waals surface area contributed by atoms with Crippen LogP contribution in [0.3, 0.4) is 0 Å². The molecule has 1 saturated carbocycles. The van der Waals surface area contributed by atoms with Crippen LogP contribution in [0.25, 0.3) is 0 Å². The van der Waals surface area contributed by atoms with E-state index in [9.17, 15) is 4.79 Å². The van der Waals surface area contributed by atoms with Crippen LogP contribution in [0.4, 0.5) is 0 Å². The molecule has 0 aromatic carbocycles. The third-order valence-electron chi connectivity index (χ3n) is 3.81. The summed E-state index contributed by atoms with van der Waals surface area (Å²) in [5.41, 5.74) is 0.352. The molecule has 1 fully saturated rings. The molecule has 0 radical (unpaired) electrons. The van der Waals surface area contributed by atoms with Crippen molar-refractivity contribution in [1.29, 1.82) is 0 Å². The van der Waals surface area contributed by atoms with E-state index in [4.69, 9.17) is 9.47 Å². The summed E-state index contributed by atoms with van der Waals surface area (Å²) in [5.74, 6) is -0.0738. The van der Waals surface area contributed by atoms with Crippen LogP contribution in [-0.2, 0) is 14.3 Å². The van der Waals surface area contributed by atoms with Gasteiger partial charge >= 0.3 is 5.97 Å². The second-order valence-corrected chi connectivity index (χ2v) is 5.86. The Morgan fingerprint density at radius 3 is 2.67 bits per heavy atom. The number of rotatable bonds is 8. The maximum Gasteiger partial charge on any atom is 0.305 e. The van der Waals surface area contributed by atoms with Gasteiger partial charge in [0.1, 0.15) is 0 Å². The molecule has 0 heterocycles. The molecule has 0 aromatic rings. The quantitative estimate of drug-likeness (QED) is 0.490. The van der Waals surface area contributed by atoms with Gasteiger partial charge in [-0.25, -0.2) is 0 Å². The molecule has 0 bridgehead atoms. The lowest BCUT2D eigenvalue weighted by Crippen LogP contribution is -2.26. The number of unbranched alkanes of at least 4 members (excludes halogenated alkanes) is 2. The predicted octanol–water partition coefficient (Wildman–Crippen LogP) is 3.71. The molecule has 18 heavy (non-hydrogen) atoms. The Bertz CT molecular complexity index is 248. The summed E-state index contributed by atoms with van der Waals surface area (Å²) in [7, 11) is 0. The Hall–Kier alpha value is -0.570. The molecule has 0 aliphatic heterocycles. The number of carbonyl (C=O) groups excluding carboxylic acids is 1. The zero-order valence-electron chi connectivity index (χ0n) is 12.2. The van der Waals surface area contributed by atoms with Crippen LogP contribution in [0, 0.1) is 5.41 Å². The van der Waals surface area contributed by atoms with Crippen LogP contribution >= 0.6 is 0 Å². The predicted molar refractivity (Wildman–Crippen MR) is 72.5 cm³/mol. The van der Waals surface area contributed by atoms with Crippen LogP contribution in [-0.4, -0.2) is 25.3 Å². The molecule has 1 atom stereocenters. The van der Waals surface area contributed by atoms with Gasteiger partial charge in [-0.2, -0.15) is 0 Å². The third-order valence-corrected chi connectivity index (χ3v) is 3.81. The Morgan fingerprint density at radius 1 is 1.28 bits per heavy atom. The van der Waals surface area contributed by atoms with Crippen LogP contribution in [0.1, 0.15) is 65.7 Å². The molecule has 0 amide bonds. The van der Waals surface area contributed by atoms with Crippen molar-refractivity contribution in [3.05, 3.63) is 0 Å². The number of hydrogen-bond acceptors (Lipinski definition) is 3. The number of carbonyl (C=O) groups is 1. The number of esters is 1. The van der Waals surface area contributed by atoms with Crippen LogP contribution in [0.15, 0.2) is 0 Å². The Labute approximate surface area is 111 Å². The molecule has 0 spiro atoms. The van der Waals surface area contributed by atoms with E-state index in [1.807, 2.05) is 6.92 Å². The summed E-state index contributed by atoms with van der Waals surface area (Å²) in [6, 6.07) is 0. The molecule has 106 valence electrons. The fourth-order valence-electron chi connectivity index (χ4n) is 2.61. The number of hydrogen-bond donors (Lipinski definition) is 0. The van der Waals surface area contributed by atoms with Crippen molar-refractivity contribution >= 4 is 5.97 Å². The van der Waals surface area contributed by atoms with Crippen molar-refractivity contribution in [3.63, 3.8) is 0 Å². The van der Waals surface area contributed by atoms with Crippen molar-refractivity contribution in [2.75, 3.05) is 13.2 Å². The summed E-state index contributed by atoms with van der Waals surface area (Å²) in [6.45, 7) is 7.75. The average molecular weight is 256 g/mol. The van der Waals surface area contributed by atoms with Gasteiger partial charge in [0.2, 0.25) is 0 Å². The van der Waals surface area contributed by atoms with E-state index in [1.54, 1.807) is 0 Å². The fraction of sp³-hybridized carbons (Fsp3) is 0.933. The van der Waals surface area contributed by atoms with Crippen molar-refractivity contribution < 1.29 is 14.3 Å². The molecule has 1 unspecified atom stereocenters. The highest BCUT2D eigenvalue weighted by atomic mass is 16.5. The summed E-state index contributed by atoms with van der Waals surface area (Å²) in [6.07, 6.45) is 7.76. The molecular formula is C15H28O3. The standard InChI is InChI=1S/C15H28O3/c1-4-17-14(16)10-6-5-7-12-18-13-9-8-11-15(13,2)3/h13H,4-12H2,1-3H3. The highest BCUT2D eigenvalue weighted by molar-refractivity contribution is 5.69. The summed E-state index contributed by atoms with van der Waals surface area (Å²) in [5, 5.41) is 0. The maximum absolute atomic E-state index is 11.1. The van der Waals surface area contributed by atoms with Gasteiger partial charge in [-0.1, -0.05) is 26.7 Å². The molecule has 1 rings (SSSR count). The lowest BCUT2D eigenvalue weighted by atomic mass is 9.89. The zero-order chi connectivity index (χ0) is 13.4. The van der Waals surface area contributed by atoms with Gasteiger partial charge in [0.15, 0.2) is 0 Å². The van der Waals surface area contributed by atoms with Crippen LogP contribution in [0.2, 0.25) is 0 Å². The van der Waals surface area contributed by atoms with E-state index in [0.717, 1.165) is 25.9 Å². The molecule has 0 N–H and O–H groups in total. The van der Waals surface area contributed by atoms with Crippen molar-refractivity contribution in [3.8, 4) is 0 Å². The minimum atomic E-state index is -0.0738. The largest absolute Gasteiger partial charge is 0.466 e. The fourth-order valence-corrected chi connectivity index (χ4v) is 2.61. The SMILES string of the molecule is CCOC(=O)CCCCCOC1CCCC1(C)C. The highest BCUT2D eigenvalue weighted by Crippen LogP contribution is 2.39. The van der Waals surface area contributed by atoms with E-state index in [1.165, 1.54) is 19.3 Å². The first kappa shape index (κ1) is 15.5. The first-order valence-electron chi connectivity index (χ1n) is 7.33. The van der Waals surface area contributed by atoms with E-state index < -0.39 is 0 Å². The smallest absolute Gasteiger partial charge is 0.305 e. The third kappa shape index (κ3) is 5.38. The molecule has 3 heteroatoms. The number of ether oxygens (including phenoxy) is 2. The normalized spacial score (nSPS) is 22.1. The van der Waals surface area contributed by atoms with Gasteiger partial charge in [0.05, 0.1) is 12.7 Å². The van der Waals surface area contributed by atoms with E-state index in [-0.39, 0.29) is 5.97 Å². The van der Waals surface area contributed by atoms with Gasteiger partial charge in [0, 0.05) is 13.0 Å². The maximum atomic E-state index is 11.1. The monoisotopic (exact) mass is 256 g/mol. The lowest BCUT2D eigenvalue weighted by molar-refractivity contribution is -0.143. The second-order valence-electron chi connectivity index (χ2n) is 5.86. The molecule has 0 saturated heterocycles. The Morgan fingerprint density at radius 2 is 2.06 bits per heavy atom. The minimum absolute atomic E-state index is 0.0738. The van der Waals surface area contributed by atoms with Gasteiger partial charge in [-0.05, 0) is 38.0 Å². The first-order chi connectivity index (χ1) is 8.56. The van der Waals surface area contributed by atoms with Crippen LogP contribution in [0.5, 0.6) is 0 Å². The molecule has 0 aromatic heterocycles. The van der Waals surface area contributed by atoms with Gasteiger partial charge < -0.3 is 9.47 Å². The molecular weight excluding hydrogens is 228 g/mol. The topological polar surface area (TPSA) is 35.5 Å². The van der Waals surface area contributed by atoms with Gasteiger partial charge in [-0.3, -0.25) is 4.79 Å². The minimum Gasteiger partial charge on any atom is -0.466 e. The highest BCUT2D eigenvalue weighted by Gasteiger charge is 2.34. The van der Waals surface area contributed by atoms with E-state index in [2.05, 4.69) is 13.8 Å². The average Bonchev–Trinajstić information content (AvgIpc) is 2.63. The van der Waals surface area contributed by atoms with Gasteiger partial charge in [-0.15, -0.1) is 0 Å². The van der Waals surface area contributed by atoms with Gasteiger partial charge in [0.25, 0.3) is 0 Å². The molecule has 1 aliphatic rings. The first-order valence-corrected chi connectivity index (χ1v) is 7.33. The lowest BCUT2D eigenvalue weighted by Gasteiger charge is -2.27. The van der Waals surface area contributed by atoms with Crippen molar-refractivity contribution in [2.24, 2.45) is 5.41 Å².